The van der Waals surface area contributed by atoms with Crippen molar-refractivity contribution in [1.29, 1.82) is 0 Å². The first-order valence-electron chi connectivity index (χ1n) is 10.2. The Bertz CT molecular complexity index is 1350. The molecule has 2 aromatic carbocycles. The van der Waals surface area contributed by atoms with Crippen LogP contribution in [-0.2, 0) is 0 Å². The molecule has 0 saturated heterocycles. The first-order valence-corrected chi connectivity index (χ1v) is 11.9. The number of hydrogen-bond acceptors (Lipinski definition) is 6. The fourth-order valence-corrected chi connectivity index (χ4v) is 6.18. The van der Waals surface area contributed by atoms with Crippen molar-refractivity contribution >= 4 is 44.5 Å². The molecule has 0 bridgehead atoms. The minimum Gasteiger partial charge on any atom is -0.485 e. The van der Waals surface area contributed by atoms with Crippen molar-refractivity contribution in [2.45, 2.75) is 0 Å². The molecule has 154 valence electrons. The van der Waals surface area contributed by atoms with Gasteiger partial charge in [0.1, 0.15) is 26.4 Å². The van der Waals surface area contributed by atoms with E-state index < -0.39 is 0 Å². The van der Waals surface area contributed by atoms with E-state index in [1.165, 1.54) is 10.8 Å². The Morgan fingerprint density at radius 1 is 0.613 bits per heavy atom. The van der Waals surface area contributed by atoms with Gasteiger partial charge in [0.15, 0.2) is 23.0 Å². The molecule has 5 heterocycles. The Hall–Kier alpha value is -3.16. The number of aromatic nitrogens is 1. The van der Waals surface area contributed by atoms with Crippen LogP contribution in [-0.4, -0.2) is 31.4 Å². The molecular weight excluding hydrogens is 430 g/mol. The molecule has 0 amide bonds. The van der Waals surface area contributed by atoms with Crippen molar-refractivity contribution in [1.82, 2.24) is 4.98 Å². The highest BCUT2D eigenvalue weighted by molar-refractivity contribution is 7.14. The minimum atomic E-state index is 0.593. The number of H-pyrrole nitrogens is 1. The van der Waals surface area contributed by atoms with E-state index in [1.807, 2.05) is 10.8 Å². The van der Waals surface area contributed by atoms with Gasteiger partial charge in [-0.15, -0.1) is 22.7 Å². The van der Waals surface area contributed by atoms with Crippen LogP contribution in [0.4, 0.5) is 0 Å². The van der Waals surface area contributed by atoms with Gasteiger partial charge in [-0.1, -0.05) is 24.3 Å². The lowest BCUT2D eigenvalue weighted by Gasteiger charge is -2.16. The van der Waals surface area contributed by atoms with Crippen molar-refractivity contribution in [3.63, 3.8) is 0 Å². The molecule has 5 nitrogen and oxygen atoms in total. The average molecular weight is 448 g/mol. The quantitative estimate of drug-likeness (QED) is 0.344. The number of hydrogen-bond donors (Lipinski definition) is 1. The van der Waals surface area contributed by atoms with Crippen molar-refractivity contribution in [2.75, 3.05) is 26.4 Å². The Morgan fingerprint density at radius 2 is 1.10 bits per heavy atom. The lowest BCUT2D eigenvalue weighted by molar-refractivity contribution is 0.174. The van der Waals surface area contributed by atoms with Crippen LogP contribution >= 0.6 is 22.7 Å². The van der Waals surface area contributed by atoms with Crippen LogP contribution in [0.5, 0.6) is 23.0 Å². The van der Waals surface area contributed by atoms with Crippen LogP contribution in [0, 0.1) is 0 Å². The van der Waals surface area contributed by atoms with Gasteiger partial charge in [-0.25, -0.2) is 0 Å². The molecular formula is C24H17NO4S2. The summed E-state index contributed by atoms with van der Waals surface area (Å²) in [5.41, 5.74) is 4.48. The van der Waals surface area contributed by atoms with Crippen LogP contribution in [0.3, 0.4) is 0 Å². The largest absolute Gasteiger partial charge is 0.485 e. The van der Waals surface area contributed by atoms with Gasteiger partial charge in [0, 0.05) is 32.6 Å². The first kappa shape index (κ1) is 17.5. The van der Waals surface area contributed by atoms with E-state index in [4.69, 9.17) is 18.9 Å². The van der Waals surface area contributed by atoms with Gasteiger partial charge >= 0.3 is 0 Å². The monoisotopic (exact) mass is 447 g/mol. The maximum Gasteiger partial charge on any atom is 0.179 e. The van der Waals surface area contributed by atoms with Crippen LogP contribution < -0.4 is 18.9 Å². The molecule has 0 spiro atoms. The molecule has 0 fully saturated rings. The first-order chi connectivity index (χ1) is 15.3. The van der Waals surface area contributed by atoms with E-state index in [9.17, 15) is 0 Å². The lowest BCUT2D eigenvalue weighted by atomic mass is 10.1. The average Bonchev–Trinajstić information content (AvgIpc) is 3.52. The highest BCUT2D eigenvalue weighted by Gasteiger charge is 2.22. The molecule has 5 aromatic rings. The summed E-state index contributed by atoms with van der Waals surface area (Å²) in [5, 5.41) is 6.47. The van der Waals surface area contributed by atoms with Crippen molar-refractivity contribution < 1.29 is 18.9 Å². The van der Waals surface area contributed by atoms with E-state index in [1.54, 1.807) is 22.7 Å². The second kappa shape index (κ2) is 6.67. The van der Waals surface area contributed by atoms with E-state index in [0.717, 1.165) is 54.9 Å². The van der Waals surface area contributed by atoms with Crippen LogP contribution in [0.25, 0.3) is 42.7 Å². The number of thiophene rings is 2. The van der Waals surface area contributed by atoms with Crippen LogP contribution in [0.15, 0.2) is 47.2 Å². The molecule has 7 rings (SSSR count). The number of nitrogens with one attached hydrogen (secondary N) is 1. The predicted molar refractivity (Wildman–Crippen MR) is 124 cm³/mol. The normalized spacial score (nSPS) is 15.0. The Balaban J connectivity index is 1.33. The summed E-state index contributed by atoms with van der Waals surface area (Å²) in [6.45, 7) is 2.40. The number of rotatable bonds is 2. The second-order valence-corrected chi connectivity index (χ2v) is 9.32. The Kier molecular flexibility index (Phi) is 3.77. The van der Waals surface area contributed by atoms with Gasteiger partial charge in [0.05, 0.1) is 9.75 Å². The highest BCUT2D eigenvalue weighted by atomic mass is 32.1. The summed E-state index contributed by atoms with van der Waals surface area (Å²) < 4.78 is 23.2. The summed E-state index contributed by atoms with van der Waals surface area (Å²) >= 11 is 3.32. The van der Waals surface area contributed by atoms with Gasteiger partial charge < -0.3 is 23.9 Å². The van der Waals surface area contributed by atoms with E-state index in [-0.39, 0.29) is 0 Å². The van der Waals surface area contributed by atoms with E-state index >= 15 is 0 Å². The smallest absolute Gasteiger partial charge is 0.179 e. The molecule has 0 saturated carbocycles. The minimum absolute atomic E-state index is 0.593. The maximum absolute atomic E-state index is 5.88. The molecule has 7 heteroatoms. The molecule has 0 atom stereocenters. The third-order valence-electron chi connectivity index (χ3n) is 5.73. The highest BCUT2D eigenvalue weighted by Crippen LogP contribution is 2.48. The summed E-state index contributed by atoms with van der Waals surface area (Å²) in [7, 11) is 0. The number of fused-ring (bicyclic) bond motifs is 5. The zero-order chi connectivity index (χ0) is 20.4. The summed E-state index contributed by atoms with van der Waals surface area (Å²) in [6.07, 6.45) is 0. The molecule has 31 heavy (non-hydrogen) atoms. The number of benzene rings is 2. The van der Waals surface area contributed by atoms with Gasteiger partial charge in [0.25, 0.3) is 0 Å². The molecule has 0 radical (unpaired) electrons. The van der Waals surface area contributed by atoms with Crippen molar-refractivity contribution in [3.05, 3.63) is 47.2 Å². The lowest BCUT2D eigenvalue weighted by Crippen LogP contribution is -2.14. The van der Waals surface area contributed by atoms with Gasteiger partial charge in [-0.05, 0) is 23.3 Å². The molecule has 0 aliphatic carbocycles. The molecule has 1 N–H and O–H groups in total. The molecule has 0 unspecified atom stereocenters. The molecule has 2 aliphatic heterocycles. The molecule has 2 aliphatic rings. The predicted octanol–water partition coefficient (Wildman–Crippen LogP) is 6.32. The fourth-order valence-electron chi connectivity index (χ4n) is 4.32. The SMILES string of the molecule is c1cc2c(cc1-c1scc3c1OCCO3)[nH]c1cc(-c3scc4c3OCCO4)ccc12. The standard InChI is InChI=1S/C24H17NO4S2/c1-3-15-16-4-2-14(24-22-20(12-31-24)27-6-8-29-22)10-18(16)25-17(15)9-13(1)23-21-19(11-30-23)26-5-7-28-21/h1-4,9-12,25H,5-8H2. The third kappa shape index (κ3) is 2.66. The van der Waals surface area contributed by atoms with Gasteiger partial charge in [-0.3, -0.25) is 0 Å². The van der Waals surface area contributed by atoms with Crippen molar-refractivity contribution in [2.24, 2.45) is 0 Å². The van der Waals surface area contributed by atoms with Gasteiger partial charge in [0.2, 0.25) is 0 Å². The zero-order valence-corrected chi connectivity index (χ0v) is 18.0. The fraction of sp³-hybridized carbons (Fsp3) is 0.167. The Labute approximate surface area is 185 Å². The Morgan fingerprint density at radius 3 is 1.61 bits per heavy atom. The van der Waals surface area contributed by atoms with Crippen LogP contribution in [0.2, 0.25) is 0 Å². The van der Waals surface area contributed by atoms with Crippen molar-refractivity contribution in [3.8, 4) is 43.9 Å². The zero-order valence-electron chi connectivity index (χ0n) is 16.4. The van der Waals surface area contributed by atoms with E-state index in [2.05, 4.69) is 41.4 Å². The van der Waals surface area contributed by atoms with Gasteiger partial charge in [-0.2, -0.15) is 0 Å². The van der Waals surface area contributed by atoms with Crippen LogP contribution in [0.1, 0.15) is 0 Å². The summed E-state index contributed by atoms with van der Waals surface area (Å²) in [6, 6.07) is 13.1. The molecule has 3 aromatic heterocycles. The third-order valence-corrected chi connectivity index (χ3v) is 7.70. The number of aromatic amines is 1. The summed E-state index contributed by atoms with van der Waals surface area (Å²) in [5.74, 6) is 3.41. The topological polar surface area (TPSA) is 52.7 Å². The second-order valence-electron chi connectivity index (χ2n) is 7.56. The maximum atomic E-state index is 5.88. The van der Waals surface area contributed by atoms with E-state index in [0.29, 0.717) is 26.4 Å². The summed E-state index contributed by atoms with van der Waals surface area (Å²) in [4.78, 5) is 5.83. The number of ether oxygens (including phenoxy) is 4.